The molecule has 0 radical (unpaired) electrons. The summed E-state index contributed by atoms with van der Waals surface area (Å²) >= 11 is 0. The molecule has 0 fully saturated rings. The van der Waals surface area contributed by atoms with E-state index in [4.69, 9.17) is 10.00 Å². The molecule has 7 nitrogen and oxygen atoms in total. The minimum absolute atomic E-state index is 0.0336. The Morgan fingerprint density at radius 2 is 1.89 bits per heavy atom. The Bertz CT molecular complexity index is 980. The highest BCUT2D eigenvalue weighted by Crippen LogP contribution is 2.20. The summed E-state index contributed by atoms with van der Waals surface area (Å²) in [6.45, 7) is 2.04. The number of hydrogen-bond donors (Lipinski definition) is 1. The van der Waals surface area contributed by atoms with Crippen molar-refractivity contribution >= 4 is 15.9 Å². The Morgan fingerprint density at radius 3 is 2.50 bits per heavy atom. The van der Waals surface area contributed by atoms with Crippen molar-refractivity contribution < 1.29 is 17.9 Å². The highest BCUT2D eigenvalue weighted by atomic mass is 32.2. The molecule has 0 heterocycles. The number of sulfonamides is 1. The molecule has 0 atom stereocenters. The maximum absolute atomic E-state index is 12.5. The molecule has 0 aromatic heterocycles. The monoisotopic (exact) mass is 401 g/mol. The van der Waals surface area contributed by atoms with Crippen LogP contribution in [-0.2, 0) is 21.2 Å². The molecule has 0 saturated carbocycles. The summed E-state index contributed by atoms with van der Waals surface area (Å²) in [5, 5.41) is 11.5. The van der Waals surface area contributed by atoms with E-state index in [1.165, 1.54) is 31.3 Å². The predicted octanol–water partition coefficient (Wildman–Crippen LogP) is 1.85. The molecular formula is C20H23N3O4S. The summed E-state index contributed by atoms with van der Waals surface area (Å²) in [5.41, 5.74) is 2.43. The number of rotatable bonds is 8. The second-order valence-corrected chi connectivity index (χ2v) is 8.36. The van der Waals surface area contributed by atoms with Gasteiger partial charge in [0, 0.05) is 13.6 Å². The van der Waals surface area contributed by atoms with Crippen LogP contribution in [0, 0.1) is 18.3 Å². The van der Waals surface area contributed by atoms with Crippen molar-refractivity contribution in [2.24, 2.45) is 0 Å². The van der Waals surface area contributed by atoms with Gasteiger partial charge >= 0.3 is 0 Å². The van der Waals surface area contributed by atoms with Gasteiger partial charge in [-0.15, -0.1) is 0 Å². The smallest absolute Gasteiger partial charge is 0.243 e. The van der Waals surface area contributed by atoms with Crippen LogP contribution in [0.3, 0.4) is 0 Å². The van der Waals surface area contributed by atoms with Crippen LogP contribution in [0.25, 0.3) is 0 Å². The molecule has 0 aliphatic carbocycles. The summed E-state index contributed by atoms with van der Waals surface area (Å²) in [6.07, 6.45) is 0.572. The van der Waals surface area contributed by atoms with Crippen LogP contribution < -0.4 is 10.1 Å². The zero-order valence-electron chi connectivity index (χ0n) is 16.1. The summed E-state index contributed by atoms with van der Waals surface area (Å²) in [5.74, 6) is 0.353. The number of carbonyl (C=O) groups is 1. The summed E-state index contributed by atoms with van der Waals surface area (Å²) in [7, 11) is -0.872. The van der Waals surface area contributed by atoms with Crippen molar-refractivity contribution in [1.82, 2.24) is 9.62 Å². The van der Waals surface area contributed by atoms with E-state index in [1.54, 1.807) is 7.11 Å². The third-order valence-electron chi connectivity index (χ3n) is 4.21. The highest BCUT2D eigenvalue weighted by molar-refractivity contribution is 7.89. The molecule has 148 valence electrons. The highest BCUT2D eigenvalue weighted by Gasteiger charge is 2.22. The Balaban J connectivity index is 1.93. The van der Waals surface area contributed by atoms with E-state index >= 15 is 0 Å². The van der Waals surface area contributed by atoms with Crippen molar-refractivity contribution in [3.8, 4) is 11.8 Å². The number of hydrogen-bond acceptors (Lipinski definition) is 5. The van der Waals surface area contributed by atoms with Crippen LogP contribution in [0.2, 0.25) is 0 Å². The topological polar surface area (TPSA) is 99.5 Å². The van der Waals surface area contributed by atoms with Gasteiger partial charge < -0.3 is 10.1 Å². The van der Waals surface area contributed by atoms with Gasteiger partial charge in [0.15, 0.2) is 0 Å². The average Bonchev–Trinajstić information content (AvgIpc) is 2.68. The molecule has 0 aliphatic heterocycles. The SMILES string of the molecule is COc1ccc(C)cc1CCNC(=O)CN(C)S(=O)(=O)c1ccc(C#N)cc1. The molecule has 28 heavy (non-hydrogen) atoms. The lowest BCUT2D eigenvalue weighted by molar-refractivity contribution is -0.121. The number of methoxy groups -OCH3 is 1. The number of nitrogens with one attached hydrogen (secondary N) is 1. The normalized spacial score (nSPS) is 11.1. The third-order valence-corrected chi connectivity index (χ3v) is 6.03. The second kappa shape index (κ2) is 9.35. The summed E-state index contributed by atoms with van der Waals surface area (Å²) < 4.78 is 31.4. The van der Waals surface area contributed by atoms with Crippen molar-refractivity contribution in [3.05, 3.63) is 59.2 Å². The van der Waals surface area contributed by atoms with Crippen LogP contribution in [0.1, 0.15) is 16.7 Å². The first-order chi connectivity index (χ1) is 13.3. The van der Waals surface area contributed by atoms with Crippen molar-refractivity contribution in [2.45, 2.75) is 18.2 Å². The fourth-order valence-corrected chi connectivity index (χ4v) is 3.79. The molecule has 1 amide bonds. The van der Waals surface area contributed by atoms with E-state index in [2.05, 4.69) is 5.32 Å². The number of aryl methyl sites for hydroxylation is 1. The zero-order valence-corrected chi connectivity index (χ0v) is 16.9. The third kappa shape index (κ3) is 5.31. The van der Waals surface area contributed by atoms with E-state index in [1.807, 2.05) is 31.2 Å². The molecule has 0 unspecified atom stereocenters. The van der Waals surface area contributed by atoms with Crippen LogP contribution in [0.4, 0.5) is 0 Å². The number of nitriles is 1. The number of amides is 1. The first kappa shape index (κ1) is 21.4. The summed E-state index contributed by atoms with van der Waals surface area (Å²) in [4.78, 5) is 12.2. The minimum atomic E-state index is -3.81. The lowest BCUT2D eigenvalue weighted by Crippen LogP contribution is -2.39. The zero-order chi connectivity index (χ0) is 20.7. The van der Waals surface area contributed by atoms with Gasteiger partial charge in [-0.05, 0) is 49.2 Å². The molecule has 8 heteroatoms. The quantitative estimate of drug-likeness (QED) is 0.728. The van der Waals surface area contributed by atoms with Crippen molar-refractivity contribution in [1.29, 1.82) is 5.26 Å². The Labute approximate surface area is 165 Å². The fraction of sp³-hybridized carbons (Fsp3) is 0.300. The second-order valence-electron chi connectivity index (χ2n) is 6.31. The van der Waals surface area contributed by atoms with Gasteiger partial charge in [0.2, 0.25) is 15.9 Å². The van der Waals surface area contributed by atoms with E-state index in [9.17, 15) is 13.2 Å². The predicted molar refractivity (Wildman–Crippen MR) is 105 cm³/mol. The van der Waals surface area contributed by atoms with Crippen LogP contribution >= 0.6 is 0 Å². The number of carbonyl (C=O) groups excluding carboxylic acids is 1. The van der Waals surface area contributed by atoms with Gasteiger partial charge in [0.05, 0.1) is 30.2 Å². The molecule has 0 spiro atoms. The minimum Gasteiger partial charge on any atom is -0.496 e. The number of benzene rings is 2. The Morgan fingerprint density at radius 1 is 1.21 bits per heavy atom. The average molecular weight is 401 g/mol. The molecule has 1 N–H and O–H groups in total. The van der Waals surface area contributed by atoms with Gasteiger partial charge in [0.25, 0.3) is 0 Å². The van der Waals surface area contributed by atoms with Gasteiger partial charge in [-0.1, -0.05) is 17.7 Å². The lowest BCUT2D eigenvalue weighted by Gasteiger charge is -2.17. The molecule has 0 saturated heterocycles. The van der Waals surface area contributed by atoms with E-state index < -0.39 is 15.9 Å². The Kier molecular flexibility index (Phi) is 7.15. The molecule has 2 aromatic carbocycles. The van der Waals surface area contributed by atoms with E-state index in [0.29, 0.717) is 18.5 Å². The maximum Gasteiger partial charge on any atom is 0.243 e. The van der Waals surface area contributed by atoms with Crippen molar-refractivity contribution in [3.63, 3.8) is 0 Å². The molecular weight excluding hydrogens is 378 g/mol. The van der Waals surface area contributed by atoms with Gasteiger partial charge in [-0.25, -0.2) is 8.42 Å². The van der Waals surface area contributed by atoms with Crippen LogP contribution in [0.5, 0.6) is 5.75 Å². The van der Waals surface area contributed by atoms with E-state index in [0.717, 1.165) is 21.2 Å². The van der Waals surface area contributed by atoms with Gasteiger partial charge in [-0.3, -0.25) is 4.79 Å². The van der Waals surface area contributed by atoms with Crippen molar-refractivity contribution in [2.75, 3.05) is 27.2 Å². The van der Waals surface area contributed by atoms with Crippen LogP contribution in [-0.4, -0.2) is 45.9 Å². The molecule has 0 bridgehead atoms. The van der Waals surface area contributed by atoms with E-state index in [-0.39, 0.29) is 11.4 Å². The molecule has 2 aromatic rings. The number of likely N-dealkylation sites (N-methyl/N-ethyl adjacent to an activating group) is 1. The standard InChI is InChI=1S/C20H23N3O4S/c1-15-4-9-19(27-3)17(12-15)10-11-22-20(24)14-23(2)28(25,26)18-7-5-16(13-21)6-8-18/h4-9,12H,10-11,14H2,1-3H3,(H,22,24). The fourth-order valence-electron chi connectivity index (χ4n) is 2.66. The number of ether oxygens (including phenoxy) is 1. The number of nitrogens with zero attached hydrogens (tertiary/aromatic N) is 2. The summed E-state index contributed by atoms with van der Waals surface area (Å²) in [6, 6.07) is 13.3. The Hall–Kier alpha value is -2.89. The lowest BCUT2D eigenvalue weighted by atomic mass is 10.1. The van der Waals surface area contributed by atoms with Gasteiger partial charge in [-0.2, -0.15) is 9.57 Å². The maximum atomic E-state index is 12.5. The first-order valence-electron chi connectivity index (χ1n) is 8.64. The largest absolute Gasteiger partial charge is 0.496 e. The molecule has 2 rings (SSSR count). The van der Waals surface area contributed by atoms with Gasteiger partial charge in [0.1, 0.15) is 5.75 Å². The van der Waals surface area contributed by atoms with Crippen LogP contribution in [0.15, 0.2) is 47.4 Å². The molecule has 0 aliphatic rings. The first-order valence-corrected chi connectivity index (χ1v) is 10.1.